The van der Waals surface area contributed by atoms with E-state index in [1.54, 1.807) is 0 Å². The quantitative estimate of drug-likeness (QED) is 0.635. The molecule has 0 unspecified atom stereocenters. The van der Waals surface area contributed by atoms with Gasteiger partial charge < -0.3 is 10.7 Å². The average molecular weight is 173 g/mol. The van der Waals surface area contributed by atoms with Crippen molar-refractivity contribution in [1.82, 2.24) is 10.9 Å². The molecule has 1 aromatic carbocycles. The smallest absolute Gasteiger partial charge is 0.122 e. The summed E-state index contributed by atoms with van der Waals surface area (Å²) in [5.41, 5.74) is 6.94. The van der Waals surface area contributed by atoms with Crippen LogP contribution in [0.25, 0.3) is 0 Å². The molecule has 0 aliphatic carbocycles. The lowest BCUT2D eigenvalue weighted by Crippen LogP contribution is -2.31. The maximum absolute atomic E-state index is 3.22. The van der Waals surface area contributed by atoms with Gasteiger partial charge in [0.15, 0.2) is 0 Å². The van der Waals surface area contributed by atoms with E-state index in [-0.39, 0.29) is 0 Å². The van der Waals surface area contributed by atoms with Gasteiger partial charge in [-0.05, 0) is 24.3 Å². The van der Waals surface area contributed by atoms with Gasteiger partial charge >= 0.3 is 0 Å². The first-order valence-electron chi connectivity index (χ1n) is 4.15. The molecule has 2 rings (SSSR count). The van der Waals surface area contributed by atoms with Gasteiger partial charge in [0.25, 0.3) is 0 Å². The molecule has 1 aromatic rings. The maximum atomic E-state index is 3.22. The molecule has 66 valence electrons. The second-order valence-electron chi connectivity index (χ2n) is 2.70. The molecule has 0 fully saturated rings. The molecule has 0 aromatic heterocycles. The van der Waals surface area contributed by atoms with E-state index in [0.29, 0.717) is 0 Å². The van der Waals surface area contributed by atoms with Gasteiger partial charge in [0.2, 0.25) is 0 Å². The molecular weight excluding hydrogens is 162 g/mol. The van der Waals surface area contributed by atoms with E-state index in [1.807, 2.05) is 48.7 Å². The van der Waals surface area contributed by atoms with Crippen LogP contribution in [0.3, 0.4) is 0 Å². The summed E-state index contributed by atoms with van der Waals surface area (Å²) in [6.07, 6.45) is 5.72. The Morgan fingerprint density at radius 3 is 2.62 bits per heavy atom. The summed E-state index contributed by atoms with van der Waals surface area (Å²) in [6.45, 7) is 0. The van der Waals surface area contributed by atoms with E-state index in [4.69, 9.17) is 0 Å². The van der Waals surface area contributed by atoms with Crippen LogP contribution in [0.4, 0.5) is 5.69 Å². The van der Waals surface area contributed by atoms with Crippen LogP contribution in [0.2, 0.25) is 0 Å². The lowest BCUT2D eigenvalue weighted by Gasteiger charge is -2.15. The first-order valence-corrected chi connectivity index (χ1v) is 4.15. The summed E-state index contributed by atoms with van der Waals surface area (Å²) >= 11 is 0. The molecule has 13 heavy (non-hydrogen) atoms. The van der Waals surface area contributed by atoms with Crippen LogP contribution < -0.4 is 16.2 Å². The minimum Gasteiger partial charge on any atom is -0.341 e. The largest absolute Gasteiger partial charge is 0.341 e. The van der Waals surface area contributed by atoms with Crippen molar-refractivity contribution in [2.75, 3.05) is 5.32 Å². The van der Waals surface area contributed by atoms with Crippen molar-refractivity contribution in [2.24, 2.45) is 0 Å². The number of nitrogens with one attached hydrogen (secondary N) is 3. The fourth-order valence-corrected chi connectivity index (χ4v) is 1.10. The second kappa shape index (κ2) is 3.67. The van der Waals surface area contributed by atoms with Crippen molar-refractivity contribution < 1.29 is 0 Å². The molecule has 1 heterocycles. The highest BCUT2D eigenvalue weighted by molar-refractivity contribution is 5.48. The molecule has 3 nitrogen and oxygen atoms in total. The molecule has 0 amide bonds. The van der Waals surface area contributed by atoms with E-state index in [0.717, 1.165) is 11.5 Å². The van der Waals surface area contributed by atoms with Gasteiger partial charge in [-0.1, -0.05) is 18.2 Å². The number of benzene rings is 1. The number of anilines is 1. The lowest BCUT2D eigenvalue weighted by atomic mass is 10.3. The van der Waals surface area contributed by atoms with Crippen molar-refractivity contribution in [3.8, 4) is 0 Å². The Labute approximate surface area is 77.1 Å². The van der Waals surface area contributed by atoms with Gasteiger partial charge in [-0.3, -0.25) is 5.43 Å². The minimum absolute atomic E-state index is 0.939. The monoisotopic (exact) mass is 173 g/mol. The molecule has 3 N–H and O–H groups in total. The van der Waals surface area contributed by atoms with Crippen LogP contribution >= 0.6 is 0 Å². The van der Waals surface area contributed by atoms with Crippen LogP contribution in [0, 0.1) is 0 Å². The number of allylic oxidation sites excluding steroid dienone is 2. The van der Waals surface area contributed by atoms with E-state index >= 15 is 0 Å². The zero-order chi connectivity index (χ0) is 8.93. The number of hydrogen-bond acceptors (Lipinski definition) is 3. The van der Waals surface area contributed by atoms with Crippen molar-refractivity contribution in [3.63, 3.8) is 0 Å². The fourth-order valence-electron chi connectivity index (χ4n) is 1.10. The van der Waals surface area contributed by atoms with Gasteiger partial charge in [0.05, 0.1) is 0 Å². The normalized spacial score (nSPS) is 14.0. The second-order valence-corrected chi connectivity index (χ2v) is 2.70. The fraction of sp³-hybridized carbons (Fsp3) is 0. The van der Waals surface area contributed by atoms with Gasteiger partial charge in [0, 0.05) is 11.9 Å². The molecule has 0 saturated heterocycles. The molecular formula is C10H11N3. The number of hydrogen-bond donors (Lipinski definition) is 3. The lowest BCUT2D eigenvalue weighted by molar-refractivity contribution is 0.723. The Morgan fingerprint density at radius 1 is 1.08 bits per heavy atom. The Hall–Kier alpha value is -1.90. The van der Waals surface area contributed by atoms with Crippen LogP contribution in [-0.4, -0.2) is 0 Å². The summed E-state index contributed by atoms with van der Waals surface area (Å²) in [5, 5.41) is 3.22. The highest BCUT2D eigenvalue weighted by atomic mass is 15.4. The molecule has 1 aliphatic heterocycles. The Kier molecular flexibility index (Phi) is 2.18. The first-order chi connectivity index (χ1) is 6.45. The Bertz CT molecular complexity index is 327. The van der Waals surface area contributed by atoms with Crippen molar-refractivity contribution in [3.05, 3.63) is 54.5 Å². The van der Waals surface area contributed by atoms with E-state index in [9.17, 15) is 0 Å². The van der Waals surface area contributed by atoms with Crippen molar-refractivity contribution in [2.45, 2.75) is 0 Å². The molecule has 0 radical (unpaired) electrons. The predicted octanol–water partition coefficient (Wildman–Crippen LogP) is 1.56. The minimum atomic E-state index is 0.939. The van der Waals surface area contributed by atoms with E-state index in [1.165, 1.54) is 0 Å². The Balaban J connectivity index is 2.06. The van der Waals surface area contributed by atoms with Gasteiger partial charge in [-0.2, -0.15) is 0 Å². The standard InChI is InChI=1S/C10H11N3/c1-2-5-9(6-3-1)12-10-7-4-8-11-13-10/h1-8,11-13H. The summed E-state index contributed by atoms with van der Waals surface area (Å²) in [7, 11) is 0. The average Bonchev–Trinajstić information content (AvgIpc) is 2.21. The molecule has 0 spiro atoms. The van der Waals surface area contributed by atoms with Gasteiger partial charge in [-0.25, -0.2) is 0 Å². The molecule has 0 atom stereocenters. The van der Waals surface area contributed by atoms with Crippen molar-refractivity contribution >= 4 is 5.69 Å². The third kappa shape index (κ3) is 2.02. The third-order valence-corrected chi connectivity index (χ3v) is 1.70. The van der Waals surface area contributed by atoms with Gasteiger partial charge in [-0.15, -0.1) is 0 Å². The number of rotatable bonds is 2. The van der Waals surface area contributed by atoms with Crippen LogP contribution in [0.1, 0.15) is 0 Å². The summed E-state index contributed by atoms with van der Waals surface area (Å²) in [4.78, 5) is 0. The maximum Gasteiger partial charge on any atom is 0.122 e. The predicted molar refractivity (Wildman–Crippen MR) is 53.6 cm³/mol. The molecule has 3 heteroatoms. The van der Waals surface area contributed by atoms with Gasteiger partial charge in [0.1, 0.15) is 5.82 Å². The Morgan fingerprint density at radius 2 is 1.92 bits per heavy atom. The van der Waals surface area contributed by atoms with Crippen LogP contribution in [0.15, 0.2) is 54.5 Å². The van der Waals surface area contributed by atoms with E-state index in [2.05, 4.69) is 16.2 Å². The topological polar surface area (TPSA) is 36.1 Å². The summed E-state index contributed by atoms with van der Waals surface area (Å²) < 4.78 is 0. The first kappa shape index (κ1) is 7.73. The third-order valence-electron chi connectivity index (χ3n) is 1.70. The zero-order valence-corrected chi connectivity index (χ0v) is 7.12. The molecule has 0 bridgehead atoms. The van der Waals surface area contributed by atoms with Crippen LogP contribution in [-0.2, 0) is 0 Å². The SMILES string of the molecule is C1=CNNC(Nc2ccccc2)=C1. The number of hydrazine groups is 1. The molecule has 1 aliphatic rings. The zero-order valence-electron chi connectivity index (χ0n) is 7.12. The highest BCUT2D eigenvalue weighted by Gasteiger charge is 1.96. The number of para-hydroxylation sites is 1. The summed E-state index contributed by atoms with van der Waals surface area (Å²) in [6, 6.07) is 10.0. The molecule has 0 saturated carbocycles. The summed E-state index contributed by atoms with van der Waals surface area (Å²) in [5.74, 6) is 0.939. The van der Waals surface area contributed by atoms with E-state index < -0.39 is 0 Å². The van der Waals surface area contributed by atoms with Crippen molar-refractivity contribution in [1.29, 1.82) is 0 Å². The highest BCUT2D eigenvalue weighted by Crippen LogP contribution is 2.07. The van der Waals surface area contributed by atoms with Crippen LogP contribution in [0.5, 0.6) is 0 Å².